The van der Waals surface area contributed by atoms with Gasteiger partial charge in [-0.1, -0.05) is 0 Å². The van der Waals surface area contributed by atoms with Gasteiger partial charge >= 0.3 is 5.97 Å². The second kappa shape index (κ2) is 9.92. The van der Waals surface area contributed by atoms with E-state index < -0.39 is 27.7 Å². The number of carbonyl (C=O) groups excluding carboxylic acids is 2. The normalized spacial score (nSPS) is 15.1. The van der Waals surface area contributed by atoms with Crippen LogP contribution in [0.4, 0.5) is 5.69 Å². The van der Waals surface area contributed by atoms with Crippen LogP contribution in [0.3, 0.4) is 0 Å². The van der Waals surface area contributed by atoms with Crippen molar-refractivity contribution in [2.45, 2.75) is 32.1 Å². The molecule has 0 aromatic heterocycles. The van der Waals surface area contributed by atoms with Crippen LogP contribution in [0.25, 0.3) is 0 Å². The molecule has 0 fully saturated rings. The van der Waals surface area contributed by atoms with Crippen LogP contribution in [0.2, 0.25) is 0 Å². The highest BCUT2D eigenvalue weighted by Crippen LogP contribution is 2.39. The third-order valence-corrected chi connectivity index (χ3v) is 6.56. The summed E-state index contributed by atoms with van der Waals surface area (Å²) in [5, 5.41) is 2.54. The Bertz CT molecular complexity index is 1320. The number of aryl methyl sites for hydroxylation is 1. The molecule has 0 radical (unpaired) electrons. The minimum absolute atomic E-state index is 0.0856. The monoisotopic (exact) mass is 502 g/mol. The molecule has 0 saturated carbocycles. The van der Waals surface area contributed by atoms with Gasteiger partial charge in [-0.25, -0.2) is 9.79 Å². The molecule has 12 heteroatoms. The van der Waals surface area contributed by atoms with Gasteiger partial charge in [0.25, 0.3) is 16.0 Å². The van der Waals surface area contributed by atoms with Gasteiger partial charge in [0.15, 0.2) is 5.96 Å². The second-order valence-electron chi connectivity index (χ2n) is 8.32. The Labute approximate surface area is 202 Å². The Morgan fingerprint density at radius 1 is 1.09 bits per heavy atom. The van der Waals surface area contributed by atoms with Crippen molar-refractivity contribution < 1.29 is 32.0 Å². The number of fused-ring (bicyclic) bond motifs is 3. The number of hydrogen-bond donors (Lipinski definition) is 4. The molecule has 0 unspecified atom stereocenters. The highest BCUT2D eigenvalue weighted by molar-refractivity contribution is 7.85. The average Bonchev–Trinajstić information content (AvgIpc) is 3.22. The number of amides is 1. The maximum Gasteiger partial charge on any atom is 0.343 e. The Hall–Kier alpha value is -3.64. The van der Waals surface area contributed by atoms with Gasteiger partial charge in [-0.05, 0) is 49.4 Å². The van der Waals surface area contributed by atoms with Gasteiger partial charge in [-0.15, -0.1) is 0 Å². The fourth-order valence-electron chi connectivity index (χ4n) is 4.33. The summed E-state index contributed by atoms with van der Waals surface area (Å²) in [5.41, 5.74) is 14.2. The Balaban J connectivity index is 1.71. The van der Waals surface area contributed by atoms with E-state index >= 15 is 0 Å². The van der Waals surface area contributed by atoms with E-state index in [1.54, 1.807) is 24.3 Å². The van der Waals surface area contributed by atoms with Crippen LogP contribution >= 0.6 is 0 Å². The van der Waals surface area contributed by atoms with E-state index in [1.165, 1.54) is 0 Å². The molecule has 0 saturated heterocycles. The third kappa shape index (κ3) is 5.72. The summed E-state index contributed by atoms with van der Waals surface area (Å²) in [5.74, 6) is -1.14. The lowest BCUT2D eigenvalue weighted by Gasteiger charge is -2.20. The summed E-state index contributed by atoms with van der Waals surface area (Å²) in [7, 11) is -4.23. The van der Waals surface area contributed by atoms with Crippen LogP contribution in [0.1, 0.15) is 50.2 Å². The molecule has 4 rings (SSSR count). The number of benzene rings is 2. The van der Waals surface area contributed by atoms with Gasteiger partial charge in [0.05, 0.1) is 29.2 Å². The molecule has 186 valence electrons. The number of rotatable bonds is 5. The SMILES string of the molecule is NC(N)=Nc1ccc2c(c1)CCCCc1c(cc3c(c1C(=O)NCCS(=O)(=O)O)CCO3)OC2=O. The van der Waals surface area contributed by atoms with Gasteiger partial charge in [-0.3, -0.25) is 9.35 Å². The van der Waals surface area contributed by atoms with E-state index in [2.05, 4.69) is 10.3 Å². The third-order valence-electron chi connectivity index (χ3n) is 5.84. The van der Waals surface area contributed by atoms with Crippen molar-refractivity contribution in [3.8, 4) is 11.5 Å². The first kappa shape index (κ1) is 24.5. The van der Waals surface area contributed by atoms with E-state index in [-0.39, 0.29) is 18.3 Å². The van der Waals surface area contributed by atoms with Crippen molar-refractivity contribution in [1.82, 2.24) is 5.32 Å². The number of aliphatic imine (C=N–C) groups is 1. The number of guanidine groups is 1. The minimum atomic E-state index is -4.23. The highest BCUT2D eigenvalue weighted by atomic mass is 32.2. The maximum absolute atomic E-state index is 13.1. The Morgan fingerprint density at radius 2 is 1.83 bits per heavy atom. The lowest BCUT2D eigenvalue weighted by atomic mass is 9.92. The number of nitrogens with two attached hydrogens (primary N) is 2. The molecule has 2 aromatic rings. The number of hydrogen-bond acceptors (Lipinski definition) is 7. The topological polar surface area (TPSA) is 183 Å². The summed E-state index contributed by atoms with van der Waals surface area (Å²) >= 11 is 0. The second-order valence-corrected chi connectivity index (χ2v) is 9.89. The molecule has 2 aromatic carbocycles. The van der Waals surface area contributed by atoms with E-state index in [0.29, 0.717) is 66.0 Å². The molecule has 1 amide bonds. The number of ether oxygens (including phenoxy) is 2. The van der Waals surface area contributed by atoms with Crippen molar-refractivity contribution in [3.05, 3.63) is 52.1 Å². The molecule has 6 N–H and O–H groups in total. The molecule has 2 aliphatic rings. The fraction of sp³-hybridized carbons (Fsp3) is 0.348. The number of esters is 1. The van der Waals surface area contributed by atoms with Gasteiger partial charge in [0, 0.05) is 30.2 Å². The molecule has 2 heterocycles. The van der Waals surface area contributed by atoms with E-state index in [9.17, 15) is 18.0 Å². The predicted molar refractivity (Wildman–Crippen MR) is 128 cm³/mol. The molecule has 35 heavy (non-hydrogen) atoms. The molecule has 0 bridgehead atoms. The summed E-state index contributed by atoms with van der Waals surface area (Å²) in [4.78, 5) is 30.3. The Morgan fingerprint density at radius 3 is 2.57 bits per heavy atom. The fourth-order valence-corrected chi connectivity index (χ4v) is 4.69. The zero-order valence-electron chi connectivity index (χ0n) is 18.9. The first-order valence-electron chi connectivity index (χ1n) is 11.1. The standard InChI is InChI=1S/C23H26N4O7S/c24-23(25)27-14-5-6-15-13(11-14)3-1-2-4-16-19(34-22(15)29)12-18-17(7-9-33-18)20(16)21(28)26-8-10-35(30,31)32/h5-6,11-12H,1-4,7-10H2,(H,26,28)(H4,24,25,27)(H,30,31,32). The first-order chi connectivity index (χ1) is 16.6. The molecule has 2 aliphatic heterocycles. The predicted octanol–water partition coefficient (Wildman–Crippen LogP) is 1.24. The van der Waals surface area contributed by atoms with E-state index in [4.69, 9.17) is 25.5 Å². The zero-order valence-corrected chi connectivity index (χ0v) is 19.7. The van der Waals surface area contributed by atoms with E-state index in [0.717, 1.165) is 12.0 Å². The summed E-state index contributed by atoms with van der Waals surface area (Å²) in [6.45, 7) is 0.107. The smallest absolute Gasteiger partial charge is 0.343 e. The van der Waals surface area contributed by atoms with Crippen LogP contribution in [0.15, 0.2) is 29.3 Å². The highest BCUT2D eigenvalue weighted by Gasteiger charge is 2.29. The minimum Gasteiger partial charge on any atom is -0.493 e. The first-order valence-corrected chi connectivity index (χ1v) is 12.7. The number of nitrogens with zero attached hydrogens (tertiary/aromatic N) is 1. The van der Waals surface area contributed by atoms with Crippen LogP contribution in [0.5, 0.6) is 11.5 Å². The van der Waals surface area contributed by atoms with Crippen LogP contribution in [-0.2, 0) is 29.4 Å². The molecular formula is C23H26N4O7S. The molecule has 0 spiro atoms. The van der Waals surface area contributed by atoms with Gasteiger partial charge < -0.3 is 26.3 Å². The van der Waals surface area contributed by atoms with Gasteiger partial charge in [0.2, 0.25) is 0 Å². The summed E-state index contributed by atoms with van der Waals surface area (Å²) in [6, 6.07) is 6.60. The lowest BCUT2D eigenvalue weighted by molar-refractivity contribution is 0.0729. The molecule has 0 aliphatic carbocycles. The molecule has 11 nitrogen and oxygen atoms in total. The van der Waals surface area contributed by atoms with Crippen molar-refractivity contribution in [3.63, 3.8) is 0 Å². The Kier molecular flexibility index (Phi) is 6.94. The van der Waals surface area contributed by atoms with Gasteiger partial charge in [0.1, 0.15) is 11.5 Å². The zero-order chi connectivity index (χ0) is 25.2. The summed E-state index contributed by atoms with van der Waals surface area (Å²) < 4.78 is 42.5. The number of carbonyl (C=O) groups is 2. The molecule has 0 atom stereocenters. The molecular weight excluding hydrogens is 476 g/mol. The van der Waals surface area contributed by atoms with Crippen LogP contribution in [0, 0.1) is 0 Å². The average molecular weight is 503 g/mol. The quantitative estimate of drug-likeness (QED) is 0.154. The summed E-state index contributed by atoms with van der Waals surface area (Å²) in [6.07, 6.45) is 2.95. The van der Waals surface area contributed by atoms with Crippen molar-refractivity contribution in [2.24, 2.45) is 16.5 Å². The van der Waals surface area contributed by atoms with Crippen molar-refractivity contribution >= 4 is 33.6 Å². The van der Waals surface area contributed by atoms with Crippen LogP contribution < -0.4 is 26.3 Å². The number of nitrogens with one attached hydrogen (secondary N) is 1. The van der Waals surface area contributed by atoms with E-state index in [1.807, 2.05) is 0 Å². The maximum atomic E-state index is 13.1. The lowest BCUT2D eigenvalue weighted by Crippen LogP contribution is -2.30. The largest absolute Gasteiger partial charge is 0.493 e. The van der Waals surface area contributed by atoms with Crippen molar-refractivity contribution in [1.29, 1.82) is 0 Å². The van der Waals surface area contributed by atoms with Crippen LogP contribution in [-0.4, -0.2) is 49.7 Å². The van der Waals surface area contributed by atoms with Gasteiger partial charge in [-0.2, -0.15) is 8.42 Å². The van der Waals surface area contributed by atoms with Crippen molar-refractivity contribution in [2.75, 3.05) is 18.9 Å².